The lowest BCUT2D eigenvalue weighted by atomic mass is 10.0. The molecule has 0 saturated heterocycles. The number of primary amides is 1. The van der Waals surface area contributed by atoms with Crippen LogP contribution in [-0.4, -0.2) is 13.0 Å². The molecule has 76 valence electrons. The summed E-state index contributed by atoms with van der Waals surface area (Å²) >= 11 is 0. The number of hydrogen-bond donors (Lipinski definition) is 1. The zero-order valence-corrected chi connectivity index (χ0v) is 8.49. The highest BCUT2D eigenvalue weighted by molar-refractivity contribution is 5.76. The minimum atomic E-state index is -0.263. The second kappa shape index (κ2) is 4.65. The largest absolute Gasteiger partial charge is 0.497 e. The van der Waals surface area contributed by atoms with E-state index in [0.29, 0.717) is 6.42 Å². The van der Waals surface area contributed by atoms with Crippen LogP contribution < -0.4 is 10.5 Å². The van der Waals surface area contributed by atoms with Crippen molar-refractivity contribution in [1.82, 2.24) is 0 Å². The number of carbonyl (C=O) groups is 1. The van der Waals surface area contributed by atoms with Crippen LogP contribution in [0.25, 0.3) is 0 Å². The van der Waals surface area contributed by atoms with Crippen LogP contribution in [0.4, 0.5) is 0 Å². The van der Waals surface area contributed by atoms with Crippen LogP contribution in [0.5, 0.6) is 5.75 Å². The monoisotopic (exact) mass is 193 g/mol. The summed E-state index contributed by atoms with van der Waals surface area (Å²) in [6.07, 6.45) is 0.680. The lowest BCUT2D eigenvalue weighted by Crippen LogP contribution is -2.22. The first kappa shape index (κ1) is 10.6. The van der Waals surface area contributed by atoms with Gasteiger partial charge >= 0.3 is 0 Å². The molecule has 0 unspecified atom stereocenters. The minimum absolute atomic E-state index is 0.122. The third kappa shape index (κ3) is 2.76. The molecule has 0 saturated carbocycles. The molecule has 0 aliphatic rings. The molecule has 14 heavy (non-hydrogen) atoms. The fraction of sp³-hybridized carbons (Fsp3) is 0.364. The van der Waals surface area contributed by atoms with Gasteiger partial charge in [-0.15, -0.1) is 0 Å². The van der Waals surface area contributed by atoms with E-state index in [-0.39, 0.29) is 11.8 Å². The first-order valence-electron chi connectivity index (χ1n) is 4.55. The molecule has 1 amide bonds. The van der Waals surface area contributed by atoms with Gasteiger partial charge in [0, 0.05) is 5.92 Å². The van der Waals surface area contributed by atoms with E-state index in [9.17, 15) is 4.79 Å². The molecule has 1 atom stereocenters. The molecule has 0 spiro atoms. The van der Waals surface area contributed by atoms with Crippen molar-refractivity contribution >= 4 is 5.91 Å². The quantitative estimate of drug-likeness (QED) is 0.785. The predicted molar refractivity (Wildman–Crippen MR) is 55.1 cm³/mol. The molecule has 1 rings (SSSR count). The van der Waals surface area contributed by atoms with Gasteiger partial charge in [-0.3, -0.25) is 4.79 Å². The van der Waals surface area contributed by atoms with Gasteiger partial charge < -0.3 is 10.5 Å². The number of hydrogen-bond acceptors (Lipinski definition) is 2. The number of benzene rings is 1. The smallest absolute Gasteiger partial charge is 0.220 e. The molecule has 0 radical (unpaired) electrons. The van der Waals surface area contributed by atoms with Crippen molar-refractivity contribution in [3.05, 3.63) is 29.8 Å². The van der Waals surface area contributed by atoms with Crippen molar-refractivity contribution < 1.29 is 9.53 Å². The number of nitrogens with two attached hydrogens (primary N) is 1. The highest BCUT2D eigenvalue weighted by Crippen LogP contribution is 2.14. The van der Waals surface area contributed by atoms with E-state index in [1.807, 2.05) is 31.2 Å². The lowest BCUT2D eigenvalue weighted by molar-refractivity contribution is -0.121. The zero-order valence-electron chi connectivity index (χ0n) is 8.49. The second-order valence-electron chi connectivity index (χ2n) is 3.36. The van der Waals surface area contributed by atoms with E-state index in [1.54, 1.807) is 7.11 Å². The van der Waals surface area contributed by atoms with Crippen molar-refractivity contribution in [2.24, 2.45) is 11.7 Å². The van der Waals surface area contributed by atoms with Crippen molar-refractivity contribution in [1.29, 1.82) is 0 Å². The number of methoxy groups -OCH3 is 1. The van der Waals surface area contributed by atoms with Gasteiger partial charge in [-0.1, -0.05) is 19.1 Å². The Kier molecular flexibility index (Phi) is 3.51. The van der Waals surface area contributed by atoms with Crippen LogP contribution in [0.2, 0.25) is 0 Å². The van der Waals surface area contributed by atoms with Crippen molar-refractivity contribution in [3.8, 4) is 5.75 Å². The molecule has 2 N–H and O–H groups in total. The Morgan fingerprint density at radius 2 is 2.00 bits per heavy atom. The summed E-state index contributed by atoms with van der Waals surface area (Å²) in [6, 6.07) is 7.64. The van der Waals surface area contributed by atoms with Crippen molar-refractivity contribution in [2.75, 3.05) is 7.11 Å². The van der Waals surface area contributed by atoms with Gasteiger partial charge in [0.15, 0.2) is 0 Å². The molecule has 0 aliphatic heterocycles. The van der Waals surface area contributed by atoms with E-state index in [1.165, 1.54) is 0 Å². The molecule has 3 nitrogen and oxygen atoms in total. The molecular weight excluding hydrogens is 178 g/mol. The third-order valence-corrected chi connectivity index (χ3v) is 2.19. The molecule has 0 bridgehead atoms. The summed E-state index contributed by atoms with van der Waals surface area (Å²) in [5.41, 5.74) is 6.27. The summed E-state index contributed by atoms with van der Waals surface area (Å²) in [4.78, 5) is 10.8. The maximum absolute atomic E-state index is 10.8. The Balaban J connectivity index is 2.64. The molecule has 1 aromatic carbocycles. The van der Waals surface area contributed by atoms with Gasteiger partial charge in [0.05, 0.1) is 7.11 Å². The van der Waals surface area contributed by atoms with Crippen molar-refractivity contribution in [2.45, 2.75) is 13.3 Å². The Labute approximate surface area is 83.9 Å². The molecular formula is C11H15NO2. The van der Waals surface area contributed by atoms with Crippen LogP contribution in [0.1, 0.15) is 12.5 Å². The fourth-order valence-electron chi connectivity index (χ4n) is 1.22. The Morgan fingerprint density at radius 3 is 2.43 bits per heavy atom. The van der Waals surface area contributed by atoms with Gasteiger partial charge in [-0.25, -0.2) is 0 Å². The molecule has 1 aromatic rings. The van der Waals surface area contributed by atoms with Crippen LogP contribution in [0.3, 0.4) is 0 Å². The van der Waals surface area contributed by atoms with Crippen molar-refractivity contribution in [3.63, 3.8) is 0 Å². The van der Waals surface area contributed by atoms with Crippen LogP contribution in [-0.2, 0) is 11.2 Å². The average molecular weight is 193 g/mol. The van der Waals surface area contributed by atoms with Crippen LogP contribution in [0, 0.1) is 5.92 Å². The first-order chi connectivity index (χ1) is 6.63. The standard InChI is InChI=1S/C11H15NO2/c1-8(11(12)13)7-9-3-5-10(14-2)6-4-9/h3-6,8H,7H2,1-2H3,(H2,12,13)/t8-/m1/s1. The van der Waals surface area contributed by atoms with Crippen LogP contribution >= 0.6 is 0 Å². The average Bonchev–Trinajstić information content (AvgIpc) is 2.19. The van der Waals surface area contributed by atoms with Gasteiger partial charge in [-0.05, 0) is 24.1 Å². The van der Waals surface area contributed by atoms with E-state index < -0.39 is 0 Å². The fourth-order valence-corrected chi connectivity index (χ4v) is 1.22. The van der Waals surface area contributed by atoms with Gasteiger partial charge in [0.1, 0.15) is 5.75 Å². The summed E-state index contributed by atoms with van der Waals surface area (Å²) in [5, 5.41) is 0. The Bertz CT molecular complexity index is 306. The first-order valence-corrected chi connectivity index (χ1v) is 4.55. The maximum Gasteiger partial charge on any atom is 0.220 e. The highest BCUT2D eigenvalue weighted by atomic mass is 16.5. The molecule has 0 aliphatic carbocycles. The van der Waals surface area contributed by atoms with Gasteiger partial charge in [0.25, 0.3) is 0 Å². The predicted octanol–water partition coefficient (Wildman–Crippen LogP) is 1.36. The summed E-state index contributed by atoms with van der Waals surface area (Å²) < 4.78 is 5.03. The highest BCUT2D eigenvalue weighted by Gasteiger charge is 2.08. The Hall–Kier alpha value is -1.51. The van der Waals surface area contributed by atoms with Crippen LogP contribution in [0.15, 0.2) is 24.3 Å². The number of amides is 1. The maximum atomic E-state index is 10.8. The number of rotatable bonds is 4. The summed E-state index contributed by atoms with van der Waals surface area (Å²) in [6.45, 7) is 1.83. The van der Waals surface area contributed by atoms with Gasteiger partial charge in [-0.2, -0.15) is 0 Å². The number of carbonyl (C=O) groups excluding carboxylic acids is 1. The number of ether oxygens (including phenoxy) is 1. The Morgan fingerprint density at radius 1 is 1.43 bits per heavy atom. The SMILES string of the molecule is COc1ccc(C[C@@H](C)C(N)=O)cc1. The van der Waals surface area contributed by atoms with Gasteiger partial charge in [0.2, 0.25) is 5.91 Å². The lowest BCUT2D eigenvalue weighted by Gasteiger charge is -2.07. The normalized spacial score (nSPS) is 12.1. The van der Waals surface area contributed by atoms with E-state index in [4.69, 9.17) is 10.5 Å². The second-order valence-corrected chi connectivity index (χ2v) is 3.36. The minimum Gasteiger partial charge on any atom is -0.497 e. The summed E-state index contributed by atoms with van der Waals surface area (Å²) in [5.74, 6) is 0.435. The molecule has 0 aromatic heterocycles. The zero-order chi connectivity index (χ0) is 10.6. The molecule has 0 fully saturated rings. The third-order valence-electron chi connectivity index (χ3n) is 2.19. The van der Waals surface area contributed by atoms with E-state index >= 15 is 0 Å². The van der Waals surface area contributed by atoms with E-state index in [0.717, 1.165) is 11.3 Å². The van der Waals surface area contributed by atoms with E-state index in [2.05, 4.69) is 0 Å². The molecule has 0 heterocycles. The summed E-state index contributed by atoms with van der Waals surface area (Å²) in [7, 11) is 1.63. The molecule has 3 heteroatoms. The topological polar surface area (TPSA) is 52.3 Å².